The molecule has 17 heavy (non-hydrogen) atoms. The van der Waals surface area contributed by atoms with Crippen molar-refractivity contribution in [3.63, 3.8) is 0 Å². The molecule has 0 aromatic carbocycles. The van der Waals surface area contributed by atoms with Crippen molar-refractivity contribution in [2.75, 3.05) is 0 Å². The lowest BCUT2D eigenvalue weighted by atomic mass is 9.81. The lowest BCUT2D eigenvalue weighted by Crippen LogP contribution is -2.53. The fraction of sp³-hybridized carbons (Fsp3) is 0.867. The Morgan fingerprint density at radius 2 is 1.76 bits per heavy atom. The highest BCUT2D eigenvalue weighted by molar-refractivity contribution is 5.05. The first-order valence-electron chi connectivity index (χ1n) is 7.02. The summed E-state index contributed by atoms with van der Waals surface area (Å²) in [7, 11) is 0. The lowest BCUT2D eigenvalue weighted by molar-refractivity contribution is -0.337. The highest BCUT2D eigenvalue weighted by atomic mass is 16.7. The van der Waals surface area contributed by atoms with Crippen LogP contribution >= 0.6 is 0 Å². The first-order chi connectivity index (χ1) is 8.02. The number of ether oxygens (including phenoxy) is 2. The van der Waals surface area contributed by atoms with Crippen LogP contribution in [0.25, 0.3) is 0 Å². The molecule has 1 aliphatic carbocycles. The molecule has 2 heteroatoms. The van der Waals surface area contributed by atoms with Gasteiger partial charge in [-0.3, -0.25) is 0 Å². The molecule has 2 nitrogen and oxygen atoms in total. The van der Waals surface area contributed by atoms with Gasteiger partial charge in [-0.2, -0.15) is 0 Å². The van der Waals surface area contributed by atoms with Gasteiger partial charge in [0.1, 0.15) is 0 Å². The van der Waals surface area contributed by atoms with Gasteiger partial charge in [-0.25, -0.2) is 0 Å². The normalized spacial score (nSPS) is 42.5. The van der Waals surface area contributed by atoms with E-state index in [-0.39, 0.29) is 5.79 Å². The predicted molar refractivity (Wildman–Crippen MR) is 69.8 cm³/mol. The molecule has 1 aliphatic heterocycles. The highest BCUT2D eigenvalue weighted by Gasteiger charge is 2.46. The Labute approximate surface area is 105 Å². The minimum absolute atomic E-state index is 0.324. The molecule has 2 aliphatic rings. The van der Waals surface area contributed by atoms with Gasteiger partial charge in [0.05, 0.1) is 12.2 Å². The van der Waals surface area contributed by atoms with E-state index in [1.54, 1.807) is 0 Å². The molecule has 0 N–H and O–H groups in total. The third-order valence-electron chi connectivity index (χ3n) is 3.86. The number of hydrogen-bond acceptors (Lipinski definition) is 2. The van der Waals surface area contributed by atoms with Crippen LogP contribution < -0.4 is 0 Å². The van der Waals surface area contributed by atoms with Gasteiger partial charge in [-0.1, -0.05) is 18.1 Å². The maximum absolute atomic E-state index is 6.23. The van der Waals surface area contributed by atoms with Crippen molar-refractivity contribution in [3.05, 3.63) is 11.6 Å². The van der Waals surface area contributed by atoms with E-state index in [1.165, 1.54) is 24.8 Å². The Morgan fingerprint density at radius 1 is 1.12 bits per heavy atom. The Kier molecular flexibility index (Phi) is 3.94. The largest absolute Gasteiger partial charge is 0.346 e. The smallest absolute Gasteiger partial charge is 0.175 e. The molecule has 3 atom stereocenters. The summed E-state index contributed by atoms with van der Waals surface area (Å²) in [6.45, 7) is 8.68. The molecular weight excluding hydrogens is 212 g/mol. The summed E-state index contributed by atoms with van der Waals surface area (Å²) in [5.41, 5.74) is 1.37. The van der Waals surface area contributed by atoms with Crippen LogP contribution in [0.1, 0.15) is 59.8 Å². The predicted octanol–water partition coefficient (Wildman–Crippen LogP) is 4.05. The molecule has 2 rings (SSSR count). The van der Waals surface area contributed by atoms with E-state index < -0.39 is 0 Å². The molecule has 0 aromatic heterocycles. The summed E-state index contributed by atoms with van der Waals surface area (Å²) in [4.78, 5) is 0. The van der Waals surface area contributed by atoms with Gasteiger partial charge in [0.15, 0.2) is 5.79 Å². The number of allylic oxidation sites excluding steroid dienone is 1. The maximum Gasteiger partial charge on any atom is 0.175 e. The second-order valence-corrected chi connectivity index (χ2v) is 6.00. The van der Waals surface area contributed by atoms with Crippen molar-refractivity contribution in [1.29, 1.82) is 0 Å². The van der Waals surface area contributed by atoms with Crippen LogP contribution in [0.4, 0.5) is 0 Å². The highest BCUT2D eigenvalue weighted by Crippen LogP contribution is 2.43. The third kappa shape index (κ3) is 2.92. The average molecular weight is 238 g/mol. The van der Waals surface area contributed by atoms with Gasteiger partial charge in [0, 0.05) is 12.3 Å². The van der Waals surface area contributed by atoms with Gasteiger partial charge >= 0.3 is 0 Å². The van der Waals surface area contributed by atoms with E-state index in [0.717, 1.165) is 12.8 Å². The molecule has 1 heterocycles. The molecule has 1 saturated carbocycles. The quantitative estimate of drug-likeness (QED) is 0.642. The monoisotopic (exact) mass is 238 g/mol. The van der Waals surface area contributed by atoms with Crippen molar-refractivity contribution < 1.29 is 9.47 Å². The number of hydrogen-bond donors (Lipinski definition) is 0. The van der Waals surface area contributed by atoms with E-state index in [0.29, 0.717) is 18.1 Å². The van der Waals surface area contributed by atoms with E-state index in [4.69, 9.17) is 9.47 Å². The third-order valence-corrected chi connectivity index (χ3v) is 3.86. The number of rotatable bonds is 1. The Bertz CT molecular complexity index is 281. The molecule has 0 bridgehead atoms. The van der Waals surface area contributed by atoms with Crippen LogP contribution in [0.2, 0.25) is 0 Å². The van der Waals surface area contributed by atoms with E-state index in [2.05, 4.69) is 33.8 Å². The maximum atomic E-state index is 6.23. The van der Waals surface area contributed by atoms with Crippen LogP contribution in [0.5, 0.6) is 0 Å². The summed E-state index contributed by atoms with van der Waals surface area (Å²) >= 11 is 0. The van der Waals surface area contributed by atoms with Gasteiger partial charge < -0.3 is 9.47 Å². The van der Waals surface area contributed by atoms with Crippen molar-refractivity contribution in [2.45, 2.75) is 77.8 Å². The first-order valence-corrected chi connectivity index (χ1v) is 7.02. The zero-order chi connectivity index (χ0) is 12.5. The summed E-state index contributed by atoms with van der Waals surface area (Å²) < 4.78 is 12.5. The fourth-order valence-electron chi connectivity index (χ4n) is 3.32. The van der Waals surface area contributed by atoms with Gasteiger partial charge in [0.2, 0.25) is 0 Å². The Balaban J connectivity index is 2.21. The standard InChI is InChI=1S/C15H26O2/c1-11(2)9-14-7-5-6-8-15(14)16-12(3)10-13(4)17-15/h9,12-14H,5-8,10H2,1-4H3/t12-,13-,14+/m1/s1. The molecule has 0 radical (unpaired) electrons. The van der Waals surface area contributed by atoms with Crippen molar-refractivity contribution in [1.82, 2.24) is 0 Å². The zero-order valence-electron chi connectivity index (χ0n) is 11.7. The molecule has 0 amide bonds. The minimum Gasteiger partial charge on any atom is -0.346 e. The topological polar surface area (TPSA) is 18.5 Å². The molecule has 0 aromatic rings. The summed E-state index contributed by atoms with van der Waals surface area (Å²) in [6.07, 6.45) is 8.79. The van der Waals surface area contributed by atoms with Crippen LogP contribution in [-0.4, -0.2) is 18.0 Å². The van der Waals surface area contributed by atoms with Crippen molar-refractivity contribution in [2.24, 2.45) is 5.92 Å². The zero-order valence-corrected chi connectivity index (χ0v) is 11.7. The fourth-order valence-corrected chi connectivity index (χ4v) is 3.32. The molecule has 0 unspecified atom stereocenters. The minimum atomic E-state index is -0.327. The lowest BCUT2D eigenvalue weighted by Gasteiger charge is -2.49. The van der Waals surface area contributed by atoms with E-state index in [1.807, 2.05) is 0 Å². The molecule has 2 fully saturated rings. The Hall–Kier alpha value is -0.340. The van der Waals surface area contributed by atoms with Gasteiger partial charge in [-0.15, -0.1) is 0 Å². The second-order valence-electron chi connectivity index (χ2n) is 6.00. The summed E-state index contributed by atoms with van der Waals surface area (Å²) in [5, 5.41) is 0. The SMILES string of the molecule is CC(C)=C[C@@H]1CCCCC12O[C@H](C)C[C@@H](C)O2. The van der Waals surface area contributed by atoms with Crippen molar-refractivity contribution in [3.8, 4) is 0 Å². The van der Waals surface area contributed by atoms with E-state index >= 15 is 0 Å². The summed E-state index contributed by atoms with van der Waals surface area (Å²) in [6, 6.07) is 0. The summed E-state index contributed by atoms with van der Waals surface area (Å²) in [5.74, 6) is 0.110. The van der Waals surface area contributed by atoms with Gasteiger partial charge in [-0.05, 0) is 47.0 Å². The van der Waals surface area contributed by atoms with E-state index in [9.17, 15) is 0 Å². The molecular formula is C15H26O2. The van der Waals surface area contributed by atoms with Crippen molar-refractivity contribution >= 4 is 0 Å². The Morgan fingerprint density at radius 3 is 2.35 bits per heavy atom. The van der Waals surface area contributed by atoms with Gasteiger partial charge in [0.25, 0.3) is 0 Å². The van der Waals surface area contributed by atoms with Crippen LogP contribution in [0.15, 0.2) is 11.6 Å². The van der Waals surface area contributed by atoms with Crippen LogP contribution in [0.3, 0.4) is 0 Å². The average Bonchev–Trinajstić information content (AvgIpc) is 2.19. The first kappa shape index (κ1) is 13.1. The molecule has 98 valence electrons. The van der Waals surface area contributed by atoms with Crippen LogP contribution in [-0.2, 0) is 9.47 Å². The molecule has 1 spiro atoms. The van der Waals surface area contributed by atoms with Crippen LogP contribution in [0, 0.1) is 5.92 Å². The molecule has 1 saturated heterocycles. The second kappa shape index (κ2) is 5.11.